The van der Waals surface area contributed by atoms with Crippen molar-refractivity contribution in [2.24, 2.45) is 0 Å². The van der Waals surface area contributed by atoms with Crippen molar-refractivity contribution < 1.29 is 9.65 Å². The van der Waals surface area contributed by atoms with E-state index < -0.39 is 5.09 Å². The number of nitrogens with zero attached hydrogens (tertiary/aromatic N) is 3. The van der Waals surface area contributed by atoms with Gasteiger partial charge in [-0.05, 0) is 18.4 Å². The van der Waals surface area contributed by atoms with E-state index in [1.165, 1.54) is 108 Å². The van der Waals surface area contributed by atoms with E-state index in [2.05, 4.69) is 65.1 Å². The zero-order valence-electron chi connectivity index (χ0n) is 21.4. The lowest BCUT2D eigenvalue weighted by Gasteiger charge is -2.03. The zero-order valence-corrected chi connectivity index (χ0v) is 21.4. The Morgan fingerprint density at radius 3 is 1.65 bits per heavy atom. The van der Waals surface area contributed by atoms with Gasteiger partial charge >= 0.3 is 0 Å². The monoisotopic (exact) mass is 473 g/mol. The number of unbranched alkanes of at least 4 members (excludes halogenated alkanes) is 15. The van der Waals surface area contributed by atoms with Gasteiger partial charge in [-0.1, -0.05) is 127 Å². The summed E-state index contributed by atoms with van der Waals surface area (Å²) in [6, 6.07) is 10.7. The molecular formula is C28H47N3O3. The van der Waals surface area contributed by atoms with E-state index >= 15 is 0 Å². The fraction of sp³-hybridized carbons (Fsp3) is 0.679. The number of aromatic nitrogens is 2. The van der Waals surface area contributed by atoms with Crippen molar-refractivity contribution in [2.75, 3.05) is 0 Å². The standard InChI is InChI=1S/C28H47N2.NO3/c1-2-3-4-5-6-7-8-9-10-11-12-13-14-15-16-20-23-29-24-25-30(27-29)26-28-21-18-17-19-22-28;2-1(3)4/h17-19,21-22,24-25,27H,2-16,20,23,26H2,1H3;/q+1;-1. The lowest BCUT2D eigenvalue weighted by molar-refractivity contribution is -0.687. The first-order valence-electron chi connectivity index (χ1n) is 13.5. The van der Waals surface area contributed by atoms with Gasteiger partial charge in [0.25, 0.3) is 0 Å². The molecule has 0 unspecified atom stereocenters. The van der Waals surface area contributed by atoms with Crippen LogP contribution in [0.5, 0.6) is 0 Å². The Balaban J connectivity index is 0.00000133. The van der Waals surface area contributed by atoms with Gasteiger partial charge in [-0.25, -0.2) is 9.13 Å². The molecule has 0 amide bonds. The van der Waals surface area contributed by atoms with Crippen LogP contribution < -0.4 is 4.57 Å². The number of hydrogen-bond donors (Lipinski definition) is 0. The highest BCUT2D eigenvalue weighted by Gasteiger charge is 2.04. The molecule has 1 aromatic heterocycles. The molecule has 192 valence electrons. The highest BCUT2D eigenvalue weighted by atomic mass is 16.9. The highest BCUT2D eigenvalue weighted by Crippen LogP contribution is 2.13. The third-order valence-corrected chi connectivity index (χ3v) is 6.22. The lowest BCUT2D eigenvalue weighted by atomic mass is 10.0. The van der Waals surface area contributed by atoms with Gasteiger partial charge in [0.05, 0.1) is 11.6 Å². The van der Waals surface area contributed by atoms with Crippen LogP contribution in [0.1, 0.15) is 115 Å². The van der Waals surface area contributed by atoms with E-state index in [-0.39, 0.29) is 0 Å². The Morgan fingerprint density at radius 2 is 1.18 bits per heavy atom. The topological polar surface area (TPSA) is 75.0 Å². The van der Waals surface area contributed by atoms with E-state index in [1.54, 1.807) is 0 Å². The minimum absolute atomic E-state index is 0.965. The maximum absolute atomic E-state index is 8.25. The molecule has 2 rings (SSSR count). The van der Waals surface area contributed by atoms with Crippen LogP contribution >= 0.6 is 0 Å². The van der Waals surface area contributed by atoms with Crippen LogP contribution in [-0.4, -0.2) is 9.65 Å². The molecule has 0 fully saturated rings. The molecular weight excluding hydrogens is 426 g/mol. The summed E-state index contributed by atoms with van der Waals surface area (Å²) in [6.45, 7) is 4.42. The van der Waals surface area contributed by atoms with Crippen molar-refractivity contribution in [3.8, 4) is 0 Å². The minimum atomic E-state index is -1.75. The second-order valence-electron chi connectivity index (χ2n) is 9.34. The van der Waals surface area contributed by atoms with Crippen molar-refractivity contribution in [1.82, 2.24) is 4.57 Å². The molecule has 0 atom stereocenters. The van der Waals surface area contributed by atoms with Gasteiger partial charge in [-0.15, -0.1) is 0 Å². The summed E-state index contributed by atoms with van der Waals surface area (Å²) in [4.78, 5) is 8.25. The summed E-state index contributed by atoms with van der Waals surface area (Å²) in [6.07, 6.45) is 29.6. The van der Waals surface area contributed by atoms with Crippen LogP contribution in [0.4, 0.5) is 0 Å². The van der Waals surface area contributed by atoms with Gasteiger partial charge in [-0.3, -0.25) is 0 Å². The van der Waals surface area contributed by atoms with Gasteiger partial charge in [0.1, 0.15) is 18.9 Å². The van der Waals surface area contributed by atoms with Gasteiger partial charge in [-0.2, -0.15) is 0 Å². The largest absolute Gasteiger partial charge is 0.356 e. The second-order valence-corrected chi connectivity index (χ2v) is 9.34. The first-order chi connectivity index (χ1) is 16.6. The fourth-order valence-electron chi connectivity index (χ4n) is 4.30. The molecule has 0 saturated carbocycles. The molecule has 0 N–H and O–H groups in total. The maximum atomic E-state index is 8.25. The first kappa shape index (κ1) is 29.7. The molecule has 1 heterocycles. The number of aryl methyl sites for hydroxylation is 1. The van der Waals surface area contributed by atoms with Crippen molar-refractivity contribution in [1.29, 1.82) is 0 Å². The third-order valence-electron chi connectivity index (χ3n) is 6.22. The Morgan fingerprint density at radius 1 is 0.735 bits per heavy atom. The van der Waals surface area contributed by atoms with E-state index in [4.69, 9.17) is 15.3 Å². The van der Waals surface area contributed by atoms with Crippen molar-refractivity contribution in [3.63, 3.8) is 0 Å². The second kappa shape index (κ2) is 21.2. The quantitative estimate of drug-likeness (QED) is 0.0902. The smallest absolute Gasteiger partial charge is 0.244 e. The number of benzene rings is 1. The van der Waals surface area contributed by atoms with E-state index in [0.29, 0.717) is 0 Å². The molecule has 0 bridgehead atoms. The summed E-state index contributed by atoms with van der Waals surface area (Å²) >= 11 is 0. The highest BCUT2D eigenvalue weighted by molar-refractivity contribution is 5.13. The molecule has 6 nitrogen and oxygen atoms in total. The van der Waals surface area contributed by atoms with Crippen LogP contribution in [0, 0.1) is 15.3 Å². The molecule has 0 aliphatic carbocycles. The fourth-order valence-corrected chi connectivity index (χ4v) is 4.30. The first-order valence-corrected chi connectivity index (χ1v) is 13.5. The van der Waals surface area contributed by atoms with Crippen LogP contribution in [-0.2, 0) is 13.1 Å². The molecule has 34 heavy (non-hydrogen) atoms. The molecule has 0 aliphatic rings. The molecule has 1 aromatic carbocycles. The minimum Gasteiger partial charge on any atom is -0.356 e. The molecule has 6 heteroatoms. The predicted molar refractivity (Wildman–Crippen MR) is 140 cm³/mol. The molecule has 2 aromatic rings. The predicted octanol–water partition coefficient (Wildman–Crippen LogP) is 7.85. The molecule has 0 spiro atoms. The zero-order chi connectivity index (χ0) is 24.7. The SMILES string of the molecule is CCCCCCCCCCCCCCCCCCn1cc[n+](Cc2ccccc2)c1.O=[N+]([O-])[O-]. The maximum Gasteiger partial charge on any atom is 0.244 e. The summed E-state index contributed by atoms with van der Waals surface area (Å²) in [5, 5.41) is 14.8. The molecule has 0 saturated heterocycles. The van der Waals surface area contributed by atoms with Gasteiger partial charge in [0.2, 0.25) is 6.33 Å². The van der Waals surface area contributed by atoms with Crippen LogP contribution in [0.25, 0.3) is 0 Å². The van der Waals surface area contributed by atoms with E-state index in [9.17, 15) is 0 Å². The Labute approximate surface area is 207 Å². The van der Waals surface area contributed by atoms with E-state index in [1.807, 2.05) is 0 Å². The van der Waals surface area contributed by atoms with Crippen molar-refractivity contribution >= 4 is 0 Å². The Kier molecular flexibility index (Phi) is 18.5. The third kappa shape index (κ3) is 18.1. The average Bonchev–Trinajstić information content (AvgIpc) is 3.26. The lowest BCUT2D eigenvalue weighted by Crippen LogP contribution is -2.31. The number of hydrogen-bond acceptors (Lipinski definition) is 3. The van der Waals surface area contributed by atoms with Crippen LogP contribution in [0.15, 0.2) is 49.1 Å². The van der Waals surface area contributed by atoms with E-state index in [0.717, 1.165) is 13.1 Å². The van der Waals surface area contributed by atoms with Crippen LogP contribution in [0.2, 0.25) is 0 Å². The summed E-state index contributed by atoms with van der Waals surface area (Å²) in [7, 11) is 0. The van der Waals surface area contributed by atoms with Crippen LogP contribution in [0.3, 0.4) is 0 Å². The summed E-state index contributed by atoms with van der Waals surface area (Å²) in [5.74, 6) is 0. The normalized spacial score (nSPS) is 10.6. The van der Waals surface area contributed by atoms with Crippen molar-refractivity contribution in [3.05, 3.63) is 69.9 Å². The molecule has 0 aliphatic heterocycles. The number of rotatable bonds is 19. The molecule has 0 radical (unpaired) electrons. The number of imidazole rings is 1. The van der Waals surface area contributed by atoms with Gasteiger partial charge in [0, 0.05) is 0 Å². The summed E-state index contributed by atoms with van der Waals surface area (Å²) < 4.78 is 4.62. The van der Waals surface area contributed by atoms with Gasteiger partial charge in [0.15, 0.2) is 0 Å². The van der Waals surface area contributed by atoms with Gasteiger partial charge < -0.3 is 15.3 Å². The van der Waals surface area contributed by atoms with Crippen molar-refractivity contribution in [2.45, 2.75) is 123 Å². The summed E-state index contributed by atoms with van der Waals surface area (Å²) in [5.41, 5.74) is 1.36. The Hall–Kier alpha value is -2.37. The average molecular weight is 474 g/mol. The Bertz CT molecular complexity index is 715.